The summed E-state index contributed by atoms with van der Waals surface area (Å²) in [5, 5.41) is 0. The first-order chi connectivity index (χ1) is 10.6. The Morgan fingerprint density at radius 1 is 0.957 bits per heavy atom. The van der Waals surface area contributed by atoms with Crippen LogP contribution in [0.15, 0.2) is 60.7 Å². The molecule has 1 heterocycles. The first-order valence-corrected chi connectivity index (χ1v) is 7.61. The van der Waals surface area contributed by atoms with Crippen LogP contribution >= 0.6 is 24.0 Å². The Balaban J connectivity index is 0.00000192. The molecule has 0 fully saturated rings. The second-order valence-corrected chi connectivity index (χ2v) is 5.88. The van der Waals surface area contributed by atoms with Crippen molar-refractivity contribution in [3.8, 4) is 0 Å². The van der Waals surface area contributed by atoms with Gasteiger partial charge in [-0.1, -0.05) is 48.6 Å². The van der Waals surface area contributed by atoms with E-state index in [-0.39, 0.29) is 24.0 Å². The molecule has 0 unspecified atom stereocenters. The normalized spacial score (nSPS) is 13.3. The van der Waals surface area contributed by atoms with Crippen LogP contribution in [-0.4, -0.2) is 27.7 Å². The molecule has 0 aliphatic carbocycles. The van der Waals surface area contributed by atoms with E-state index in [0.29, 0.717) is 0 Å². The monoisotopic (exact) mass is 418 g/mol. The summed E-state index contributed by atoms with van der Waals surface area (Å²) in [5.41, 5.74) is 6.35. The summed E-state index contributed by atoms with van der Waals surface area (Å²) in [7, 11) is 6.26. The minimum Gasteiger partial charge on any atom is -0.378 e. The fourth-order valence-electron chi connectivity index (χ4n) is 2.72. The van der Waals surface area contributed by atoms with Gasteiger partial charge < -0.3 is 9.80 Å². The topological polar surface area (TPSA) is 6.48 Å². The second kappa shape index (κ2) is 7.68. The number of hydrogen-bond acceptors (Lipinski definition) is 2. The minimum absolute atomic E-state index is 0. The van der Waals surface area contributed by atoms with E-state index in [4.69, 9.17) is 0 Å². The van der Waals surface area contributed by atoms with Crippen LogP contribution in [0.4, 0.5) is 11.4 Å². The Hall–Kier alpha value is -1.75. The fraction of sp³-hybridized carbons (Fsp3) is 0.200. The molecule has 0 saturated carbocycles. The summed E-state index contributed by atoms with van der Waals surface area (Å²) >= 11 is 0. The van der Waals surface area contributed by atoms with Gasteiger partial charge in [0.1, 0.15) is 0 Å². The molecule has 0 saturated heterocycles. The number of hydrogen-bond donors (Lipinski definition) is 0. The lowest BCUT2D eigenvalue weighted by Gasteiger charge is -2.26. The van der Waals surface area contributed by atoms with E-state index in [2.05, 4.69) is 97.7 Å². The number of nitrogens with zero attached hydrogens (tertiary/aromatic N) is 2. The van der Waals surface area contributed by atoms with Crippen molar-refractivity contribution in [3.05, 3.63) is 71.8 Å². The molecule has 0 radical (unpaired) electrons. The van der Waals surface area contributed by atoms with Gasteiger partial charge in [-0.3, -0.25) is 0 Å². The third kappa shape index (κ3) is 3.96. The average molecular weight is 418 g/mol. The largest absolute Gasteiger partial charge is 0.378 e. The fourth-order valence-corrected chi connectivity index (χ4v) is 2.72. The SMILES string of the molecule is CN(C)c1ccc(/C=C/C2=CCN(C)c3ccccc32)cc1.I. The molecule has 23 heavy (non-hydrogen) atoms. The number of likely N-dealkylation sites (N-methyl/N-ethyl adjacent to an activating group) is 1. The molecule has 2 aromatic carbocycles. The molecule has 0 spiro atoms. The lowest BCUT2D eigenvalue weighted by Crippen LogP contribution is -2.21. The highest BCUT2D eigenvalue weighted by atomic mass is 127. The molecule has 2 nitrogen and oxygen atoms in total. The Kier molecular flexibility index (Phi) is 5.88. The Morgan fingerprint density at radius 3 is 2.35 bits per heavy atom. The van der Waals surface area contributed by atoms with Gasteiger partial charge in [-0.15, -0.1) is 24.0 Å². The first kappa shape index (κ1) is 17.6. The lowest BCUT2D eigenvalue weighted by molar-refractivity contribution is 1.01. The van der Waals surface area contributed by atoms with Gasteiger partial charge in [0.05, 0.1) is 0 Å². The standard InChI is InChI=1S/C20H22N2.HI/c1-21(2)18-12-9-16(10-13-18)8-11-17-14-15-22(3)20-7-5-4-6-19(17)20;/h4-14H,15H2,1-3H3;1H/b11-8+;. The summed E-state index contributed by atoms with van der Waals surface area (Å²) < 4.78 is 0. The number of allylic oxidation sites excluding steroid dienone is 2. The highest BCUT2D eigenvalue weighted by Gasteiger charge is 2.13. The van der Waals surface area contributed by atoms with E-state index < -0.39 is 0 Å². The van der Waals surface area contributed by atoms with Gasteiger partial charge in [0.2, 0.25) is 0 Å². The zero-order valence-corrected chi connectivity index (χ0v) is 16.2. The van der Waals surface area contributed by atoms with Crippen molar-refractivity contribution < 1.29 is 0 Å². The average Bonchev–Trinajstić information content (AvgIpc) is 2.55. The number of para-hydroxylation sites is 1. The molecule has 1 aliphatic rings. The van der Waals surface area contributed by atoms with Crippen LogP contribution < -0.4 is 9.80 Å². The highest BCUT2D eigenvalue weighted by molar-refractivity contribution is 14.0. The quantitative estimate of drug-likeness (QED) is 0.654. The van der Waals surface area contributed by atoms with E-state index in [1.54, 1.807) is 0 Å². The molecular weight excluding hydrogens is 395 g/mol. The van der Waals surface area contributed by atoms with Gasteiger partial charge in [-0.05, 0) is 29.3 Å². The maximum Gasteiger partial charge on any atom is 0.0446 e. The van der Waals surface area contributed by atoms with E-state index >= 15 is 0 Å². The van der Waals surface area contributed by atoms with Gasteiger partial charge in [-0.2, -0.15) is 0 Å². The number of fused-ring (bicyclic) bond motifs is 1. The molecule has 0 aromatic heterocycles. The first-order valence-electron chi connectivity index (χ1n) is 7.61. The smallest absolute Gasteiger partial charge is 0.0446 e. The number of anilines is 2. The molecule has 2 aromatic rings. The predicted octanol–water partition coefficient (Wildman–Crippen LogP) is 4.92. The van der Waals surface area contributed by atoms with Crippen LogP contribution in [0.3, 0.4) is 0 Å². The van der Waals surface area contributed by atoms with Crippen molar-refractivity contribution in [3.63, 3.8) is 0 Å². The van der Waals surface area contributed by atoms with Crippen LogP contribution in [0.1, 0.15) is 11.1 Å². The van der Waals surface area contributed by atoms with Crippen LogP contribution in [0, 0.1) is 0 Å². The third-order valence-corrected chi connectivity index (χ3v) is 4.08. The van der Waals surface area contributed by atoms with Gasteiger partial charge >= 0.3 is 0 Å². The summed E-state index contributed by atoms with van der Waals surface area (Å²) in [5.74, 6) is 0. The number of benzene rings is 2. The molecule has 3 rings (SSSR count). The van der Waals surface area contributed by atoms with Gasteiger partial charge in [0.15, 0.2) is 0 Å². The van der Waals surface area contributed by atoms with E-state index in [1.165, 1.54) is 28.1 Å². The van der Waals surface area contributed by atoms with Crippen LogP contribution in [0.2, 0.25) is 0 Å². The summed E-state index contributed by atoms with van der Waals surface area (Å²) in [4.78, 5) is 4.39. The summed E-state index contributed by atoms with van der Waals surface area (Å²) in [6.45, 7) is 0.955. The molecule has 0 N–H and O–H groups in total. The van der Waals surface area contributed by atoms with Crippen molar-refractivity contribution in [1.82, 2.24) is 0 Å². The van der Waals surface area contributed by atoms with Gasteiger partial charge in [0.25, 0.3) is 0 Å². The highest BCUT2D eigenvalue weighted by Crippen LogP contribution is 2.31. The zero-order chi connectivity index (χ0) is 15.5. The minimum atomic E-state index is 0. The predicted molar refractivity (Wildman–Crippen MR) is 113 cm³/mol. The van der Waals surface area contributed by atoms with Gasteiger partial charge in [-0.25, -0.2) is 0 Å². The molecule has 120 valence electrons. The van der Waals surface area contributed by atoms with Crippen LogP contribution in [0.25, 0.3) is 11.6 Å². The number of halogens is 1. The van der Waals surface area contributed by atoms with E-state index in [9.17, 15) is 0 Å². The zero-order valence-electron chi connectivity index (χ0n) is 13.9. The van der Waals surface area contributed by atoms with Gasteiger partial charge in [0, 0.05) is 44.6 Å². The Morgan fingerprint density at radius 2 is 1.65 bits per heavy atom. The molecule has 1 aliphatic heterocycles. The van der Waals surface area contributed by atoms with E-state index in [1.807, 2.05) is 0 Å². The maximum atomic E-state index is 2.28. The number of rotatable bonds is 3. The third-order valence-electron chi connectivity index (χ3n) is 4.08. The van der Waals surface area contributed by atoms with Crippen LogP contribution in [0.5, 0.6) is 0 Å². The Bertz CT molecular complexity index is 715. The molecule has 0 atom stereocenters. The van der Waals surface area contributed by atoms with Crippen LogP contribution in [-0.2, 0) is 0 Å². The maximum absolute atomic E-state index is 2.28. The van der Waals surface area contributed by atoms with Crippen molar-refractivity contribution in [1.29, 1.82) is 0 Å². The van der Waals surface area contributed by atoms with E-state index in [0.717, 1.165) is 6.54 Å². The molecule has 0 bridgehead atoms. The molecule has 3 heteroatoms. The Labute approximate surface area is 156 Å². The van der Waals surface area contributed by atoms with Crippen molar-refractivity contribution in [2.24, 2.45) is 0 Å². The lowest BCUT2D eigenvalue weighted by atomic mass is 9.98. The molecular formula is C20H23IN2. The van der Waals surface area contributed by atoms with Crippen molar-refractivity contribution >= 4 is 47.0 Å². The summed E-state index contributed by atoms with van der Waals surface area (Å²) in [6.07, 6.45) is 6.69. The molecule has 0 amide bonds. The van der Waals surface area contributed by atoms with Crippen molar-refractivity contribution in [2.45, 2.75) is 0 Å². The second-order valence-electron chi connectivity index (χ2n) is 5.88. The van der Waals surface area contributed by atoms with Crippen molar-refractivity contribution in [2.75, 3.05) is 37.5 Å². The summed E-state index contributed by atoms with van der Waals surface area (Å²) in [6, 6.07) is 17.2.